The van der Waals surface area contributed by atoms with Gasteiger partial charge in [0.15, 0.2) is 0 Å². The molecule has 0 radical (unpaired) electrons. The molecule has 0 saturated carbocycles. The highest BCUT2D eigenvalue weighted by molar-refractivity contribution is 6.42. The standard InChI is InChI=1S/C38H49Cl2N5O2/c1-6-47-25-24-45-35-11-8-7-10-34(35)41-37(45)44-20-9-19-43(22-23-44)21-18-30(29-14-17-32(39)33(40)26-29)27-42(5)36(46)28-12-15-31(16-13-28)38(2,3)4/h7-8,10-17,26,30H,6,9,18-25,27H2,1-5H3. The van der Waals surface area contributed by atoms with Gasteiger partial charge in [-0.25, -0.2) is 4.98 Å². The molecule has 4 aromatic rings. The number of anilines is 1. The Labute approximate surface area is 290 Å². The summed E-state index contributed by atoms with van der Waals surface area (Å²) >= 11 is 12.8. The SMILES string of the molecule is CCOCCn1c(N2CCCN(CCC(CN(C)C(=O)c3ccc(C(C)(C)C)cc3)c3ccc(Cl)c(Cl)c3)CC2)nc2ccccc21. The summed E-state index contributed by atoms with van der Waals surface area (Å²) in [6.07, 6.45) is 1.94. The van der Waals surface area contributed by atoms with Crippen molar-refractivity contribution in [3.63, 3.8) is 0 Å². The second-order valence-corrected chi connectivity index (χ2v) is 14.4. The molecule has 1 aliphatic heterocycles. The minimum atomic E-state index is 0.0214. The molecule has 1 aromatic heterocycles. The molecular formula is C38H49Cl2N5O2. The molecule has 7 nitrogen and oxygen atoms in total. The van der Waals surface area contributed by atoms with Crippen molar-refractivity contribution in [3.05, 3.63) is 93.5 Å². The lowest BCUT2D eigenvalue weighted by atomic mass is 9.86. The summed E-state index contributed by atoms with van der Waals surface area (Å²) in [5.41, 5.74) is 5.22. The molecule has 1 fully saturated rings. The van der Waals surface area contributed by atoms with Gasteiger partial charge in [-0.05, 0) is 85.8 Å². The number of benzene rings is 3. The zero-order chi connectivity index (χ0) is 33.6. The smallest absolute Gasteiger partial charge is 0.253 e. The first-order valence-corrected chi connectivity index (χ1v) is 17.6. The Morgan fingerprint density at radius 1 is 0.957 bits per heavy atom. The number of hydrogen-bond acceptors (Lipinski definition) is 5. The molecule has 1 atom stereocenters. The number of ether oxygens (including phenoxy) is 1. The fourth-order valence-corrected chi connectivity index (χ4v) is 6.74. The number of nitrogens with zero attached hydrogens (tertiary/aromatic N) is 5. The van der Waals surface area contributed by atoms with Crippen molar-refractivity contribution in [2.24, 2.45) is 0 Å². The Morgan fingerprint density at radius 3 is 2.45 bits per heavy atom. The van der Waals surface area contributed by atoms with E-state index < -0.39 is 0 Å². The fraction of sp³-hybridized carbons (Fsp3) is 0.474. The normalized spacial score (nSPS) is 15.2. The van der Waals surface area contributed by atoms with Gasteiger partial charge in [0.25, 0.3) is 5.91 Å². The summed E-state index contributed by atoms with van der Waals surface area (Å²) in [6, 6.07) is 22.3. The number of para-hydroxylation sites is 2. The van der Waals surface area contributed by atoms with Crippen molar-refractivity contribution >= 4 is 46.1 Å². The maximum Gasteiger partial charge on any atom is 0.253 e. The van der Waals surface area contributed by atoms with Crippen LogP contribution < -0.4 is 4.90 Å². The number of carbonyl (C=O) groups excluding carboxylic acids is 1. The summed E-state index contributed by atoms with van der Waals surface area (Å²) in [5, 5.41) is 1.08. The highest BCUT2D eigenvalue weighted by atomic mass is 35.5. The third-order valence-corrected chi connectivity index (χ3v) is 9.96. The van der Waals surface area contributed by atoms with Crippen LogP contribution in [0.15, 0.2) is 66.7 Å². The Morgan fingerprint density at radius 2 is 1.72 bits per heavy atom. The first-order chi connectivity index (χ1) is 22.5. The van der Waals surface area contributed by atoms with Gasteiger partial charge < -0.3 is 24.0 Å². The van der Waals surface area contributed by atoms with Crippen LogP contribution in [0.25, 0.3) is 11.0 Å². The molecule has 0 N–H and O–H groups in total. The number of hydrogen-bond donors (Lipinski definition) is 0. The van der Waals surface area contributed by atoms with E-state index in [1.807, 2.05) is 55.3 Å². The van der Waals surface area contributed by atoms with Gasteiger partial charge in [-0.15, -0.1) is 0 Å². The zero-order valence-corrected chi connectivity index (χ0v) is 30.0. The lowest BCUT2D eigenvalue weighted by Crippen LogP contribution is -2.35. The summed E-state index contributed by atoms with van der Waals surface area (Å²) in [7, 11) is 1.89. The van der Waals surface area contributed by atoms with Crippen LogP contribution in [-0.4, -0.2) is 84.8 Å². The molecule has 1 unspecified atom stereocenters. The minimum absolute atomic E-state index is 0.0214. The highest BCUT2D eigenvalue weighted by Crippen LogP contribution is 2.30. The summed E-state index contributed by atoms with van der Waals surface area (Å²) in [6.45, 7) is 16.0. The van der Waals surface area contributed by atoms with E-state index in [1.54, 1.807) is 0 Å². The third-order valence-electron chi connectivity index (χ3n) is 9.22. The average molecular weight is 679 g/mol. The van der Waals surface area contributed by atoms with E-state index in [-0.39, 0.29) is 17.2 Å². The van der Waals surface area contributed by atoms with Gasteiger partial charge in [0.2, 0.25) is 5.95 Å². The predicted molar refractivity (Wildman–Crippen MR) is 195 cm³/mol. The van der Waals surface area contributed by atoms with Crippen molar-refractivity contribution < 1.29 is 9.53 Å². The minimum Gasteiger partial charge on any atom is -0.380 e. The number of halogens is 2. The van der Waals surface area contributed by atoms with Gasteiger partial charge in [0.05, 0.1) is 27.7 Å². The van der Waals surface area contributed by atoms with Crippen LogP contribution in [0.5, 0.6) is 0 Å². The maximum atomic E-state index is 13.5. The van der Waals surface area contributed by atoms with Crippen molar-refractivity contribution in [1.29, 1.82) is 0 Å². The monoisotopic (exact) mass is 677 g/mol. The number of likely N-dealkylation sites (N-methyl/N-ethyl adjacent to an activating group) is 1. The second kappa shape index (κ2) is 15.9. The summed E-state index contributed by atoms with van der Waals surface area (Å²) in [5.74, 6) is 1.15. The maximum absolute atomic E-state index is 13.5. The lowest BCUT2D eigenvalue weighted by Gasteiger charge is -2.28. The van der Waals surface area contributed by atoms with Crippen LogP contribution in [0.2, 0.25) is 10.0 Å². The van der Waals surface area contributed by atoms with E-state index in [9.17, 15) is 4.79 Å². The number of aromatic nitrogens is 2. The number of rotatable bonds is 12. The Balaban J connectivity index is 1.27. The number of amides is 1. The molecule has 0 spiro atoms. The molecule has 5 rings (SSSR count). The molecule has 252 valence electrons. The molecule has 2 heterocycles. The molecule has 1 amide bonds. The van der Waals surface area contributed by atoms with Gasteiger partial charge in [-0.1, -0.05) is 74.3 Å². The number of fused-ring (bicyclic) bond motifs is 1. The molecule has 47 heavy (non-hydrogen) atoms. The molecule has 0 aliphatic carbocycles. The van der Waals surface area contributed by atoms with Crippen LogP contribution in [0, 0.1) is 0 Å². The van der Waals surface area contributed by atoms with E-state index in [1.165, 1.54) is 5.56 Å². The van der Waals surface area contributed by atoms with Gasteiger partial charge >= 0.3 is 0 Å². The first-order valence-electron chi connectivity index (χ1n) is 16.9. The fourth-order valence-electron chi connectivity index (χ4n) is 6.43. The topological polar surface area (TPSA) is 53.8 Å². The van der Waals surface area contributed by atoms with E-state index in [2.05, 4.69) is 65.5 Å². The molecular weight excluding hydrogens is 629 g/mol. The summed E-state index contributed by atoms with van der Waals surface area (Å²) < 4.78 is 8.02. The van der Waals surface area contributed by atoms with Crippen LogP contribution in [-0.2, 0) is 16.7 Å². The van der Waals surface area contributed by atoms with Crippen molar-refractivity contribution in [1.82, 2.24) is 19.4 Å². The van der Waals surface area contributed by atoms with Crippen molar-refractivity contribution in [3.8, 4) is 0 Å². The molecule has 0 bridgehead atoms. The van der Waals surface area contributed by atoms with Crippen molar-refractivity contribution in [2.45, 2.75) is 58.4 Å². The van der Waals surface area contributed by atoms with Gasteiger partial charge in [0, 0.05) is 57.9 Å². The van der Waals surface area contributed by atoms with E-state index in [0.717, 1.165) is 74.7 Å². The van der Waals surface area contributed by atoms with E-state index in [4.69, 9.17) is 32.9 Å². The number of imidazole rings is 1. The third kappa shape index (κ3) is 8.88. The van der Waals surface area contributed by atoms with Gasteiger partial charge in [0.1, 0.15) is 0 Å². The lowest BCUT2D eigenvalue weighted by molar-refractivity contribution is 0.0782. The Kier molecular flexibility index (Phi) is 11.9. The largest absolute Gasteiger partial charge is 0.380 e. The quantitative estimate of drug-likeness (QED) is 0.142. The predicted octanol–water partition coefficient (Wildman–Crippen LogP) is 8.14. The summed E-state index contributed by atoms with van der Waals surface area (Å²) in [4.78, 5) is 25.4. The van der Waals surface area contributed by atoms with E-state index in [0.29, 0.717) is 35.4 Å². The second-order valence-electron chi connectivity index (χ2n) is 13.6. The van der Waals surface area contributed by atoms with Gasteiger partial charge in [-0.3, -0.25) is 4.79 Å². The van der Waals surface area contributed by atoms with Crippen LogP contribution in [0.1, 0.15) is 67.9 Å². The molecule has 1 aliphatic rings. The zero-order valence-electron chi connectivity index (χ0n) is 28.5. The first kappa shape index (κ1) is 35.2. The molecule has 1 saturated heterocycles. The molecule has 9 heteroatoms. The highest BCUT2D eigenvalue weighted by Gasteiger charge is 2.24. The number of carbonyl (C=O) groups is 1. The van der Waals surface area contributed by atoms with Crippen LogP contribution >= 0.6 is 23.2 Å². The van der Waals surface area contributed by atoms with Crippen LogP contribution in [0.3, 0.4) is 0 Å². The van der Waals surface area contributed by atoms with Gasteiger partial charge in [-0.2, -0.15) is 0 Å². The molecule has 3 aromatic carbocycles. The van der Waals surface area contributed by atoms with Crippen molar-refractivity contribution in [2.75, 3.05) is 64.4 Å². The van der Waals surface area contributed by atoms with Crippen LogP contribution in [0.4, 0.5) is 5.95 Å². The Hall–Kier alpha value is -3.10. The van der Waals surface area contributed by atoms with E-state index >= 15 is 0 Å². The average Bonchev–Trinajstić information content (AvgIpc) is 3.25. The Bertz CT molecular complexity index is 1630.